The van der Waals surface area contributed by atoms with Crippen LogP contribution in [0.25, 0.3) is 0 Å². The fraction of sp³-hybridized carbons (Fsp3) is 0.323. The Morgan fingerprint density at radius 3 is 2.50 bits per heavy atom. The molecule has 0 bridgehead atoms. The number of carbonyl (C=O) groups is 1. The quantitative estimate of drug-likeness (QED) is 0.538. The van der Waals surface area contributed by atoms with Crippen LogP contribution >= 0.6 is 0 Å². The van der Waals surface area contributed by atoms with Crippen molar-refractivity contribution in [2.24, 2.45) is 0 Å². The molecule has 1 saturated heterocycles. The van der Waals surface area contributed by atoms with Gasteiger partial charge in [0, 0.05) is 44.0 Å². The van der Waals surface area contributed by atoms with Gasteiger partial charge in [-0.3, -0.25) is 9.69 Å². The summed E-state index contributed by atoms with van der Waals surface area (Å²) < 4.78 is 25.4. The van der Waals surface area contributed by atoms with Gasteiger partial charge in [0.1, 0.15) is 12.1 Å². The van der Waals surface area contributed by atoms with E-state index in [1.165, 1.54) is 17.7 Å². The summed E-state index contributed by atoms with van der Waals surface area (Å²) in [6, 6.07) is 14.0. The summed E-state index contributed by atoms with van der Waals surface area (Å²) in [6.45, 7) is 4.16. The molecule has 1 unspecified atom stereocenters. The lowest BCUT2D eigenvalue weighted by Gasteiger charge is -2.42. The molecule has 38 heavy (non-hydrogen) atoms. The highest BCUT2D eigenvalue weighted by Crippen LogP contribution is 2.33. The fourth-order valence-electron chi connectivity index (χ4n) is 5.63. The molecule has 1 amide bonds. The second kappa shape index (κ2) is 10.9. The van der Waals surface area contributed by atoms with Gasteiger partial charge in [-0.1, -0.05) is 36.4 Å². The zero-order valence-electron chi connectivity index (χ0n) is 21.4. The number of piperazine rings is 1. The number of benzene rings is 2. The van der Waals surface area contributed by atoms with Crippen LogP contribution in [-0.4, -0.2) is 54.5 Å². The Bertz CT molecular complexity index is 1310. The normalized spacial score (nSPS) is 21.5. The maximum Gasteiger partial charge on any atom is 0.258 e. The summed E-state index contributed by atoms with van der Waals surface area (Å²) >= 11 is 0. The highest BCUT2D eigenvalue weighted by Gasteiger charge is 2.34. The van der Waals surface area contributed by atoms with E-state index in [-0.39, 0.29) is 17.8 Å². The molecule has 2 aromatic rings. The molecule has 4 aliphatic rings. The molecule has 0 radical (unpaired) electrons. The third kappa shape index (κ3) is 5.11. The fourth-order valence-corrected chi connectivity index (χ4v) is 5.63. The molecule has 7 heteroatoms. The summed E-state index contributed by atoms with van der Waals surface area (Å²) in [5, 5.41) is 0. The molecule has 2 aromatic carbocycles. The van der Waals surface area contributed by atoms with E-state index >= 15 is 0 Å². The number of amides is 1. The average molecular weight is 514 g/mol. The monoisotopic (exact) mass is 513 g/mol. The Morgan fingerprint density at radius 2 is 1.76 bits per heavy atom. The molecule has 0 spiro atoms. The van der Waals surface area contributed by atoms with E-state index < -0.39 is 0 Å². The number of ether oxygens (including phenoxy) is 2. The van der Waals surface area contributed by atoms with Crippen molar-refractivity contribution in [1.29, 1.82) is 0 Å². The van der Waals surface area contributed by atoms with Crippen LogP contribution in [-0.2, 0) is 15.9 Å². The van der Waals surface area contributed by atoms with Crippen molar-refractivity contribution >= 4 is 11.6 Å². The zero-order chi connectivity index (χ0) is 25.9. The number of carbonyl (C=O) groups excluding carboxylic acids is 1. The minimum atomic E-state index is -0.340. The van der Waals surface area contributed by atoms with Crippen molar-refractivity contribution < 1.29 is 18.7 Å². The standard InChI is InChI=1S/C31H32FN3O3/c32-26-13-10-25(11-14-26)31(36)35-27(15-12-23-6-4-5-9-28(23)35)20-33-16-18-34(19-17-33)30-22-37-29(21-38-30)24-7-2-1-3-8-24/h1-2,4-7,9-11,13-14,21-22,27H,3,8,12,15-20H2. The number of halogens is 1. The van der Waals surface area contributed by atoms with Gasteiger partial charge in [-0.2, -0.15) is 0 Å². The maximum absolute atomic E-state index is 13.7. The zero-order valence-corrected chi connectivity index (χ0v) is 21.4. The van der Waals surface area contributed by atoms with Crippen LogP contribution in [0.15, 0.2) is 96.5 Å². The first-order chi connectivity index (χ1) is 18.7. The van der Waals surface area contributed by atoms with Crippen molar-refractivity contribution in [1.82, 2.24) is 9.80 Å². The minimum absolute atomic E-state index is 0.0470. The first-order valence-corrected chi connectivity index (χ1v) is 13.4. The number of hydrogen-bond acceptors (Lipinski definition) is 5. The summed E-state index contributed by atoms with van der Waals surface area (Å²) in [5.41, 5.74) is 3.80. The van der Waals surface area contributed by atoms with Crippen LogP contribution in [0.1, 0.15) is 35.2 Å². The maximum atomic E-state index is 13.7. The molecule has 0 N–H and O–H groups in total. The highest BCUT2D eigenvalue weighted by molar-refractivity contribution is 6.07. The van der Waals surface area contributed by atoms with Crippen LogP contribution in [0, 0.1) is 5.82 Å². The van der Waals surface area contributed by atoms with Crippen LogP contribution in [0.4, 0.5) is 10.1 Å². The lowest BCUT2D eigenvalue weighted by Crippen LogP contribution is -2.54. The smallest absolute Gasteiger partial charge is 0.258 e. The Balaban J connectivity index is 1.10. The number of aryl methyl sites for hydroxylation is 1. The predicted octanol–water partition coefficient (Wildman–Crippen LogP) is 5.37. The van der Waals surface area contributed by atoms with E-state index in [9.17, 15) is 9.18 Å². The first-order valence-electron chi connectivity index (χ1n) is 13.4. The van der Waals surface area contributed by atoms with Gasteiger partial charge >= 0.3 is 0 Å². The van der Waals surface area contributed by atoms with Gasteiger partial charge in [-0.05, 0) is 67.2 Å². The SMILES string of the molecule is O=C(c1ccc(F)cc1)N1c2ccccc2CCC1CN1CCN(C2=COC(C3=CC=CCC3)=CO2)CC1. The van der Waals surface area contributed by atoms with Gasteiger partial charge in [0.15, 0.2) is 12.0 Å². The third-order valence-corrected chi connectivity index (χ3v) is 7.73. The lowest BCUT2D eigenvalue weighted by molar-refractivity contribution is 0.0791. The number of rotatable bonds is 5. The van der Waals surface area contributed by atoms with Gasteiger partial charge in [-0.15, -0.1) is 0 Å². The van der Waals surface area contributed by atoms with Crippen molar-refractivity contribution in [2.45, 2.75) is 31.7 Å². The predicted molar refractivity (Wildman–Crippen MR) is 145 cm³/mol. The number of para-hydroxylation sites is 1. The van der Waals surface area contributed by atoms with Crippen LogP contribution < -0.4 is 4.90 Å². The molecule has 6 rings (SSSR count). The minimum Gasteiger partial charge on any atom is -0.456 e. The van der Waals surface area contributed by atoms with E-state index in [4.69, 9.17) is 9.47 Å². The molecule has 6 nitrogen and oxygen atoms in total. The van der Waals surface area contributed by atoms with Gasteiger partial charge in [0.2, 0.25) is 5.88 Å². The summed E-state index contributed by atoms with van der Waals surface area (Å²) in [7, 11) is 0. The molecule has 3 aliphatic heterocycles. The number of allylic oxidation sites excluding steroid dienone is 4. The highest BCUT2D eigenvalue weighted by atomic mass is 19.1. The van der Waals surface area contributed by atoms with Crippen LogP contribution in [0.5, 0.6) is 0 Å². The molecule has 0 aromatic heterocycles. The van der Waals surface area contributed by atoms with Gasteiger partial charge < -0.3 is 19.3 Å². The Labute approximate surface area is 222 Å². The topological polar surface area (TPSA) is 45.3 Å². The summed E-state index contributed by atoms with van der Waals surface area (Å²) in [4.78, 5) is 20.2. The Hall–Kier alpha value is -3.84. The molecule has 3 heterocycles. The van der Waals surface area contributed by atoms with E-state index in [0.717, 1.165) is 81.3 Å². The molecule has 1 atom stereocenters. The first kappa shape index (κ1) is 24.5. The largest absolute Gasteiger partial charge is 0.456 e. The second-order valence-electron chi connectivity index (χ2n) is 10.1. The third-order valence-electron chi connectivity index (χ3n) is 7.73. The number of anilines is 1. The Morgan fingerprint density at radius 1 is 0.947 bits per heavy atom. The van der Waals surface area contributed by atoms with Crippen molar-refractivity contribution in [3.05, 3.63) is 113 Å². The van der Waals surface area contributed by atoms with E-state index in [1.807, 2.05) is 23.1 Å². The van der Waals surface area contributed by atoms with Crippen molar-refractivity contribution in [2.75, 3.05) is 37.6 Å². The molecule has 1 fully saturated rings. The van der Waals surface area contributed by atoms with Crippen molar-refractivity contribution in [3.8, 4) is 0 Å². The number of fused-ring (bicyclic) bond motifs is 1. The van der Waals surface area contributed by atoms with Crippen LogP contribution in [0.2, 0.25) is 0 Å². The van der Waals surface area contributed by atoms with Gasteiger partial charge in [0.25, 0.3) is 5.91 Å². The van der Waals surface area contributed by atoms with Crippen molar-refractivity contribution in [3.63, 3.8) is 0 Å². The number of hydrogen-bond donors (Lipinski definition) is 0. The van der Waals surface area contributed by atoms with E-state index in [0.29, 0.717) is 5.56 Å². The molecule has 0 saturated carbocycles. The Kier molecular flexibility index (Phi) is 7.01. The summed E-state index contributed by atoms with van der Waals surface area (Å²) in [6.07, 6.45) is 13.5. The molecule has 1 aliphatic carbocycles. The average Bonchev–Trinajstić information content (AvgIpc) is 2.98. The second-order valence-corrected chi connectivity index (χ2v) is 10.1. The van der Waals surface area contributed by atoms with E-state index in [1.54, 1.807) is 24.7 Å². The van der Waals surface area contributed by atoms with Gasteiger partial charge in [-0.25, -0.2) is 4.39 Å². The van der Waals surface area contributed by atoms with E-state index in [2.05, 4.69) is 34.1 Å². The number of nitrogens with zero attached hydrogens (tertiary/aromatic N) is 3. The van der Waals surface area contributed by atoms with Gasteiger partial charge in [0.05, 0.1) is 6.04 Å². The molecule has 196 valence electrons. The lowest BCUT2D eigenvalue weighted by atomic mass is 9.94. The molecular weight excluding hydrogens is 481 g/mol. The van der Waals surface area contributed by atoms with Crippen LogP contribution in [0.3, 0.4) is 0 Å². The summed E-state index contributed by atoms with van der Waals surface area (Å²) in [5.74, 6) is 1.09. The molecular formula is C31H32FN3O3.